The number of hydrogen-bond acceptors (Lipinski definition) is 2. The molecule has 1 aliphatic carbocycles. The topological polar surface area (TPSA) is 63.3 Å². The molecule has 3 rings (SSSR count). The quantitative estimate of drug-likeness (QED) is 0.597. The van der Waals surface area contributed by atoms with E-state index < -0.39 is 11.7 Å². The molecular weight excluding hydrogens is 353 g/mol. The first kappa shape index (κ1) is 19.2. The molecule has 1 aliphatic rings. The summed E-state index contributed by atoms with van der Waals surface area (Å²) in [6, 6.07) is 11.3. The molecule has 2 aromatic rings. The van der Waals surface area contributed by atoms with Gasteiger partial charge in [-0.15, -0.1) is 0 Å². The van der Waals surface area contributed by atoms with E-state index >= 15 is 0 Å². The van der Waals surface area contributed by atoms with Crippen LogP contribution in [0.2, 0.25) is 0 Å². The van der Waals surface area contributed by atoms with E-state index in [1.807, 2.05) is 18.2 Å². The summed E-state index contributed by atoms with van der Waals surface area (Å²) in [4.78, 5) is 8.64. The molecule has 27 heavy (non-hydrogen) atoms. The van der Waals surface area contributed by atoms with Crippen molar-refractivity contribution in [1.82, 2.24) is 10.3 Å². The van der Waals surface area contributed by atoms with Crippen molar-refractivity contribution in [2.45, 2.75) is 37.3 Å². The summed E-state index contributed by atoms with van der Waals surface area (Å²) in [5.74, 6) is 0.309. The number of halogens is 3. The number of alkyl halides is 3. The fourth-order valence-corrected chi connectivity index (χ4v) is 3.32. The minimum atomic E-state index is -4.34. The number of nitrogens with one attached hydrogen (secondary N) is 1. The number of aromatic nitrogens is 1. The second kappa shape index (κ2) is 7.98. The van der Waals surface area contributed by atoms with Crippen LogP contribution in [0.15, 0.2) is 53.7 Å². The molecule has 0 aliphatic heterocycles. The number of nitrogens with zero attached hydrogens (tertiary/aromatic N) is 2. The molecular formula is C20H23F3N4. The summed E-state index contributed by atoms with van der Waals surface area (Å²) in [6.45, 7) is 0.986. The van der Waals surface area contributed by atoms with Gasteiger partial charge in [0, 0.05) is 30.3 Å². The Morgan fingerprint density at radius 2 is 2.00 bits per heavy atom. The molecule has 0 saturated heterocycles. The first-order valence-electron chi connectivity index (χ1n) is 9.01. The zero-order valence-electron chi connectivity index (χ0n) is 15.0. The Labute approximate surface area is 156 Å². The first-order chi connectivity index (χ1) is 12.9. The van der Waals surface area contributed by atoms with E-state index in [1.54, 1.807) is 12.3 Å². The van der Waals surface area contributed by atoms with Gasteiger partial charge in [-0.05, 0) is 36.6 Å². The number of rotatable bonds is 6. The van der Waals surface area contributed by atoms with E-state index in [4.69, 9.17) is 5.73 Å². The van der Waals surface area contributed by atoms with Crippen LogP contribution in [0.4, 0.5) is 13.2 Å². The van der Waals surface area contributed by atoms with Gasteiger partial charge < -0.3 is 11.1 Å². The standard InChI is InChI=1S/C20H23F3N4/c21-20(22,23)16-6-3-5-15(13-16)19(9-4-10-19)14-27-18(24)26-12-8-17-7-1-2-11-25-17/h1-3,5-7,11,13H,4,8-10,12,14H2,(H3,24,26,27). The highest BCUT2D eigenvalue weighted by molar-refractivity contribution is 5.77. The van der Waals surface area contributed by atoms with Crippen molar-refractivity contribution in [2.75, 3.05) is 13.1 Å². The van der Waals surface area contributed by atoms with Crippen LogP contribution >= 0.6 is 0 Å². The third-order valence-corrected chi connectivity index (χ3v) is 5.08. The summed E-state index contributed by atoms with van der Waals surface area (Å²) in [7, 11) is 0. The van der Waals surface area contributed by atoms with Crippen LogP contribution in [0, 0.1) is 0 Å². The summed E-state index contributed by atoms with van der Waals surface area (Å²) < 4.78 is 39.0. The molecule has 0 atom stereocenters. The van der Waals surface area contributed by atoms with Crippen LogP contribution in [-0.2, 0) is 18.0 Å². The van der Waals surface area contributed by atoms with Gasteiger partial charge in [0.2, 0.25) is 0 Å². The van der Waals surface area contributed by atoms with Gasteiger partial charge in [-0.3, -0.25) is 9.98 Å². The van der Waals surface area contributed by atoms with Crippen molar-refractivity contribution in [3.8, 4) is 0 Å². The molecule has 4 nitrogen and oxygen atoms in total. The average molecular weight is 376 g/mol. The highest BCUT2D eigenvalue weighted by Crippen LogP contribution is 2.45. The minimum Gasteiger partial charge on any atom is -0.370 e. The second-order valence-electron chi connectivity index (χ2n) is 6.91. The average Bonchev–Trinajstić information content (AvgIpc) is 2.61. The fourth-order valence-electron chi connectivity index (χ4n) is 3.32. The summed E-state index contributed by atoms with van der Waals surface area (Å²) in [5, 5.41) is 3.05. The number of aliphatic imine (C=N–C) groups is 1. The Morgan fingerprint density at radius 3 is 2.63 bits per heavy atom. The van der Waals surface area contributed by atoms with E-state index in [9.17, 15) is 13.2 Å². The largest absolute Gasteiger partial charge is 0.416 e. The molecule has 3 N–H and O–H groups in total. The minimum absolute atomic E-state index is 0.309. The third kappa shape index (κ3) is 4.78. The molecule has 0 radical (unpaired) electrons. The van der Waals surface area contributed by atoms with Crippen LogP contribution in [0.25, 0.3) is 0 Å². The van der Waals surface area contributed by atoms with Crippen molar-refractivity contribution < 1.29 is 13.2 Å². The Morgan fingerprint density at radius 1 is 1.19 bits per heavy atom. The van der Waals surface area contributed by atoms with Crippen molar-refractivity contribution in [2.24, 2.45) is 10.7 Å². The number of guanidine groups is 1. The van der Waals surface area contributed by atoms with E-state index in [0.29, 0.717) is 24.6 Å². The molecule has 0 amide bonds. The van der Waals surface area contributed by atoms with Crippen LogP contribution in [0.5, 0.6) is 0 Å². The predicted molar refractivity (Wildman–Crippen MR) is 99.4 cm³/mol. The van der Waals surface area contributed by atoms with Gasteiger partial charge in [-0.1, -0.05) is 30.7 Å². The Bertz CT molecular complexity index is 783. The van der Waals surface area contributed by atoms with Crippen LogP contribution in [0.3, 0.4) is 0 Å². The lowest BCUT2D eigenvalue weighted by atomic mass is 9.64. The molecule has 0 bridgehead atoms. The zero-order valence-corrected chi connectivity index (χ0v) is 15.0. The van der Waals surface area contributed by atoms with Gasteiger partial charge in [0.05, 0.1) is 12.1 Å². The SMILES string of the molecule is NC(=NCC1(c2cccc(C(F)(F)F)c2)CCC1)NCCc1ccccn1. The van der Waals surface area contributed by atoms with E-state index in [1.165, 1.54) is 12.1 Å². The lowest BCUT2D eigenvalue weighted by molar-refractivity contribution is -0.137. The lowest BCUT2D eigenvalue weighted by Crippen LogP contribution is -2.40. The van der Waals surface area contributed by atoms with Crippen molar-refractivity contribution >= 4 is 5.96 Å². The molecule has 0 spiro atoms. The molecule has 144 valence electrons. The summed E-state index contributed by atoms with van der Waals surface area (Å²) >= 11 is 0. The monoisotopic (exact) mass is 376 g/mol. The normalized spacial score (nSPS) is 16.6. The predicted octanol–water partition coefficient (Wildman–Crippen LogP) is 3.67. The van der Waals surface area contributed by atoms with Crippen LogP contribution in [0.1, 0.15) is 36.1 Å². The Hall–Kier alpha value is -2.57. The highest BCUT2D eigenvalue weighted by Gasteiger charge is 2.40. The van der Waals surface area contributed by atoms with Crippen molar-refractivity contribution in [1.29, 1.82) is 0 Å². The molecule has 7 heteroatoms. The van der Waals surface area contributed by atoms with Gasteiger partial charge in [0.25, 0.3) is 0 Å². The molecule has 0 unspecified atom stereocenters. The number of benzene rings is 1. The Kier molecular flexibility index (Phi) is 5.68. The zero-order chi connectivity index (χ0) is 19.3. The molecule has 1 heterocycles. The van der Waals surface area contributed by atoms with Crippen LogP contribution in [-0.4, -0.2) is 24.0 Å². The van der Waals surface area contributed by atoms with Crippen molar-refractivity contribution in [3.05, 3.63) is 65.5 Å². The van der Waals surface area contributed by atoms with Gasteiger partial charge in [0.1, 0.15) is 0 Å². The summed E-state index contributed by atoms with van der Waals surface area (Å²) in [5.41, 5.74) is 6.62. The van der Waals surface area contributed by atoms with E-state index in [0.717, 1.165) is 37.4 Å². The first-order valence-corrected chi connectivity index (χ1v) is 9.01. The smallest absolute Gasteiger partial charge is 0.370 e. The van der Waals surface area contributed by atoms with E-state index in [2.05, 4.69) is 15.3 Å². The molecule has 1 fully saturated rings. The van der Waals surface area contributed by atoms with Gasteiger partial charge in [-0.25, -0.2) is 0 Å². The maximum atomic E-state index is 13.0. The number of hydrogen-bond donors (Lipinski definition) is 2. The highest BCUT2D eigenvalue weighted by atomic mass is 19.4. The molecule has 1 aromatic carbocycles. The maximum absolute atomic E-state index is 13.0. The fraction of sp³-hybridized carbons (Fsp3) is 0.400. The molecule has 1 saturated carbocycles. The van der Waals surface area contributed by atoms with Crippen LogP contribution < -0.4 is 11.1 Å². The Balaban J connectivity index is 1.61. The van der Waals surface area contributed by atoms with E-state index in [-0.39, 0.29) is 5.41 Å². The van der Waals surface area contributed by atoms with Crippen molar-refractivity contribution in [3.63, 3.8) is 0 Å². The lowest BCUT2D eigenvalue weighted by Gasteiger charge is -2.41. The third-order valence-electron chi connectivity index (χ3n) is 5.08. The number of nitrogens with two attached hydrogens (primary N) is 1. The summed E-state index contributed by atoms with van der Waals surface area (Å²) in [6.07, 6.45) is 0.741. The van der Waals surface area contributed by atoms with Gasteiger partial charge in [-0.2, -0.15) is 13.2 Å². The van der Waals surface area contributed by atoms with Gasteiger partial charge in [0.15, 0.2) is 5.96 Å². The maximum Gasteiger partial charge on any atom is 0.416 e. The molecule has 1 aromatic heterocycles. The second-order valence-corrected chi connectivity index (χ2v) is 6.91. The van der Waals surface area contributed by atoms with Gasteiger partial charge >= 0.3 is 6.18 Å². The number of pyridine rings is 1.